The Morgan fingerprint density at radius 2 is 1.95 bits per heavy atom. The van der Waals surface area contributed by atoms with Gasteiger partial charge in [-0.3, -0.25) is 10.1 Å². The van der Waals surface area contributed by atoms with Crippen LogP contribution in [0.2, 0.25) is 0 Å². The van der Waals surface area contributed by atoms with Crippen LogP contribution < -0.4 is 5.32 Å². The second kappa shape index (κ2) is 5.92. The number of nitro groups is 1. The number of aliphatic hydroxyl groups is 1. The van der Waals surface area contributed by atoms with Crippen molar-refractivity contribution in [3.8, 4) is 0 Å². The number of benzene rings is 1. The first kappa shape index (κ1) is 13.0. The fourth-order valence-corrected chi connectivity index (χ4v) is 1.60. The van der Waals surface area contributed by atoms with Gasteiger partial charge in [0.25, 0.3) is 5.69 Å². The first-order valence-corrected chi connectivity index (χ1v) is 5.76. The molecule has 0 aliphatic heterocycles. The number of nitrogens with zero attached hydrogens (tertiary/aromatic N) is 2. The molecule has 2 aromatic rings. The molecule has 0 amide bonds. The van der Waals surface area contributed by atoms with Gasteiger partial charge >= 0.3 is 0 Å². The number of rotatable bonds is 5. The second-order valence-electron chi connectivity index (χ2n) is 3.95. The molecule has 0 fully saturated rings. The summed E-state index contributed by atoms with van der Waals surface area (Å²) in [5.41, 5.74) is 1.84. The molecule has 0 saturated heterocycles. The highest BCUT2D eigenvalue weighted by Crippen LogP contribution is 2.17. The summed E-state index contributed by atoms with van der Waals surface area (Å²) in [6.07, 6.45) is 1.83. The summed E-state index contributed by atoms with van der Waals surface area (Å²) in [7, 11) is 0. The van der Waals surface area contributed by atoms with Crippen LogP contribution in [0.15, 0.2) is 42.6 Å². The Labute approximate surface area is 109 Å². The van der Waals surface area contributed by atoms with Crippen molar-refractivity contribution in [2.75, 3.05) is 11.9 Å². The van der Waals surface area contributed by atoms with Crippen LogP contribution in [0.4, 0.5) is 17.2 Å². The average molecular weight is 259 g/mol. The standard InChI is InChI=1S/C13H13N3O3/c17-8-7-10-1-3-11(4-2-10)15-13-6-5-12(9-14-13)16(18)19/h1-6,9,17H,7-8H2,(H,14,15). The van der Waals surface area contributed by atoms with E-state index in [2.05, 4.69) is 10.3 Å². The highest BCUT2D eigenvalue weighted by molar-refractivity contribution is 5.57. The van der Waals surface area contributed by atoms with Gasteiger partial charge in [-0.05, 0) is 30.2 Å². The maximum absolute atomic E-state index is 10.5. The van der Waals surface area contributed by atoms with Crippen LogP contribution in [0.25, 0.3) is 0 Å². The molecule has 0 saturated carbocycles. The molecule has 6 heteroatoms. The Kier molecular flexibility index (Phi) is 4.04. The molecule has 2 rings (SSSR count). The SMILES string of the molecule is O=[N+]([O-])c1ccc(Nc2ccc(CCO)cc2)nc1. The summed E-state index contributed by atoms with van der Waals surface area (Å²) < 4.78 is 0. The quantitative estimate of drug-likeness (QED) is 0.635. The third-order valence-corrected chi connectivity index (χ3v) is 2.59. The molecule has 0 radical (unpaired) electrons. The van der Waals surface area contributed by atoms with E-state index in [0.717, 1.165) is 11.3 Å². The van der Waals surface area contributed by atoms with Gasteiger partial charge in [-0.25, -0.2) is 4.98 Å². The molecule has 1 aromatic carbocycles. The van der Waals surface area contributed by atoms with Crippen molar-refractivity contribution >= 4 is 17.2 Å². The maximum Gasteiger partial charge on any atom is 0.287 e. The molecule has 0 spiro atoms. The van der Waals surface area contributed by atoms with Gasteiger partial charge in [0.1, 0.15) is 12.0 Å². The molecule has 2 N–H and O–H groups in total. The Balaban J connectivity index is 2.06. The lowest BCUT2D eigenvalue weighted by molar-refractivity contribution is -0.385. The van der Waals surface area contributed by atoms with E-state index in [0.29, 0.717) is 12.2 Å². The minimum atomic E-state index is -0.486. The molecular weight excluding hydrogens is 246 g/mol. The van der Waals surface area contributed by atoms with Gasteiger partial charge < -0.3 is 10.4 Å². The van der Waals surface area contributed by atoms with E-state index < -0.39 is 4.92 Å². The van der Waals surface area contributed by atoms with Gasteiger partial charge in [-0.2, -0.15) is 0 Å². The van der Waals surface area contributed by atoms with Gasteiger partial charge in [0.05, 0.1) is 4.92 Å². The van der Waals surface area contributed by atoms with Crippen LogP contribution in [-0.4, -0.2) is 21.6 Å². The van der Waals surface area contributed by atoms with Gasteiger partial charge in [0.2, 0.25) is 0 Å². The predicted molar refractivity (Wildman–Crippen MR) is 71.4 cm³/mol. The lowest BCUT2D eigenvalue weighted by Crippen LogP contribution is -1.96. The molecule has 1 heterocycles. The van der Waals surface area contributed by atoms with E-state index in [-0.39, 0.29) is 12.3 Å². The van der Waals surface area contributed by atoms with Crippen molar-refractivity contribution in [1.29, 1.82) is 0 Å². The zero-order chi connectivity index (χ0) is 13.7. The first-order chi connectivity index (χ1) is 9.19. The molecule has 6 nitrogen and oxygen atoms in total. The number of pyridine rings is 1. The van der Waals surface area contributed by atoms with Crippen molar-refractivity contribution in [3.05, 3.63) is 58.3 Å². The fourth-order valence-electron chi connectivity index (χ4n) is 1.60. The van der Waals surface area contributed by atoms with E-state index in [9.17, 15) is 10.1 Å². The third-order valence-electron chi connectivity index (χ3n) is 2.59. The van der Waals surface area contributed by atoms with Crippen molar-refractivity contribution in [3.63, 3.8) is 0 Å². The third kappa shape index (κ3) is 3.49. The topological polar surface area (TPSA) is 88.3 Å². The van der Waals surface area contributed by atoms with Gasteiger partial charge in [0, 0.05) is 18.4 Å². The molecule has 0 aliphatic rings. The minimum Gasteiger partial charge on any atom is -0.396 e. The summed E-state index contributed by atoms with van der Waals surface area (Å²) in [6.45, 7) is 0.122. The van der Waals surface area contributed by atoms with Crippen LogP contribution in [0.5, 0.6) is 0 Å². The molecule has 0 unspecified atom stereocenters. The monoisotopic (exact) mass is 259 g/mol. The maximum atomic E-state index is 10.5. The summed E-state index contributed by atoms with van der Waals surface area (Å²) in [6, 6.07) is 10.5. The first-order valence-electron chi connectivity index (χ1n) is 5.76. The smallest absolute Gasteiger partial charge is 0.287 e. The Morgan fingerprint density at radius 3 is 2.47 bits per heavy atom. The minimum absolute atomic E-state index is 0.0381. The highest BCUT2D eigenvalue weighted by Gasteiger charge is 2.05. The van der Waals surface area contributed by atoms with E-state index >= 15 is 0 Å². The van der Waals surface area contributed by atoms with Gasteiger partial charge in [-0.1, -0.05) is 12.1 Å². The van der Waals surface area contributed by atoms with Crippen LogP contribution >= 0.6 is 0 Å². The number of nitrogens with one attached hydrogen (secondary N) is 1. The zero-order valence-electron chi connectivity index (χ0n) is 10.1. The normalized spacial score (nSPS) is 10.2. The van der Waals surface area contributed by atoms with Gasteiger partial charge in [0.15, 0.2) is 0 Å². The second-order valence-corrected chi connectivity index (χ2v) is 3.95. The Hall–Kier alpha value is -2.47. The number of aliphatic hydroxyl groups excluding tert-OH is 1. The average Bonchev–Trinajstić information content (AvgIpc) is 2.42. The lowest BCUT2D eigenvalue weighted by atomic mass is 10.1. The molecule has 19 heavy (non-hydrogen) atoms. The van der Waals surface area contributed by atoms with Crippen LogP contribution in [0.1, 0.15) is 5.56 Å². The summed E-state index contributed by atoms with van der Waals surface area (Å²) in [4.78, 5) is 14.0. The van der Waals surface area contributed by atoms with Gasteiger partial charge in [-0.15, -0.1) is 0 Å². The van der Waals surface area contributed by atoms with Crippen molar-refractivity contribution in [2.24, 2.45) is 0 Å². The molecule has 0 aliphatic carbocycles. The van der Waals surface area contributed by atoms with E-state index in [1.165, 1.54) is 12.3 Å². The molecule has 1 aromatic heterocycles. The molecular formula is C13H13N3O3. The number of hydrogen-bond donors (Lipinski definition) is 2. The van der Waals surface area contributed by atoms with Crippen LogP contribution in [-0.2, 0) is 6.42 Å². The van der Waals surface area contributed by atoms with Crippen molar-refractivity contribution in [1.82, 2.24) is 4.98 Å². The summed E-state index contributed by atoms with van der Waals surface area (Å²) >= 11 is 0. The summed E-state index contributed by atoms with van der Waals surface area (Å²) in [5.74, 6) is 0.542. The van der Waals surface area contributed by atoms with E-state index in [4.69, 9.17) is 5.11 Å². The zero-order valence-corrected chi connectivity index (χ0v) is 10.1. The Morgan fingerprint density at radius 1 is 1.21 bits per heavy atom. The molecule has 0 atom stereocenters. The largest absolute Gasteiger partial charge is 0.396 e. The number of anilines is 2. The fraction of sp³-hybridized carbons (Fsp3) is 0.154. The van der Waals surface area contributed by atoms with Crippen LogP contribution in [0, 0.1) is 10.1 Å². The van der Waals surface area contributed by atoms with E-state index in [1.807, 2.05) is 24.3 Å². The van der Waals surface area contributed by atoms with E-state index in [1.54, 1.807) is 6.07 Å². The number of hydrogen-bond acceptors (Lipinski definition) is 5. The lowest BCUT2D eigenvalue weighted by Gasteiger charge is -2.06. The molecule has 98 valence electrons. The Bertz CT molecular complexity index is 552. The highest BCUT2D eigenvalue weighted by atomic mass is 16.6. The van der Waals surface area contributed by atoms with Crippen LogP contribution in [0.3, 0.4) is 0 Å². The predicted octanol–water partition coefficient (Wildman–Crippen LogP) is 2.27. The number of aromatic nitrogens is 1. The summed E-state index contributed by atoms with van der Waals surface area (Å²) in [5, 5.41) is 22.4. The molecule has 0 bridgehead atoms. The van der Waals surface area contributed by atoms with Crippen molar-refractivity contribution < 1.29 is 10.0 Å². The van der Waals surface area contributed by atoms with Crippen molar-refractivity contribution in [2.45, 2.75) is 6.42 Å².